The molecule has 0 saturated heterocycles. The Kier molecular flexibility index (Phi) is 6.12. The van der Waals surface area contributed by atoms with Crippen molar-refractivity contribution in [3.63, 3.8) is 0 Å². The lowest BCUT2D eigenvalue weighted by molar-refractivity contribution is 1.10. The summed E-state index contributed by atoms with van der Waals surface area (Å²) in [6, 6.07) is 63.5. The van der Waals surface area contributed by atoms with Gasteiger partial charge in [-0.25, -0.2) is 4.98 Å². The second kappa shape index (κ2) is 11.0. The molecular formula is C47H29N3S. The number of nitrogens with zero attached hydrogens (tertiary/aromatic N) is 3. The van der Waals surface area contributed by atoms with Crippen molar-refractivity contribution in [1.82, 2.24) is 14.1 Å². The predicted molar refractivity (Wildman–Crippen MR) is 217 cm³/mol. The Balaban J connectivity index is 1.16. The highest BCUT2D eigenvalue weighted by Crippen LogP contribution is 2.45. The van der Waals surface area contributed by atoms with Crippen LogP contribution in [0, 0.1) is 0 Å². The molecule has 0 N–H and O–H groups in total. The topological polar surface area (TPSA) is 22.8 Å². The van der Waals surface area contributed by atoms with Gasteiger partial charge in [-0.05, 0) is 83.1 Å². The number of aromatic nitrogens is 3. The minimum atomic E-state index is 0.931. The molecule has 0 unspecified atom stereocenters. The molecule has 0 aliphatic heterocycles. The maximum atomic E-state index is 5.13. The van der Waals surface area contributed by atoms with Crippen molar-refractivity contribution in [3.8, 4) is 33.9 Å². The van der Waals surface area contributed by atoms with Crippen LogP contribution in [0.15, 0.2) is 176 Å². The second-order valence-electron chi connectivity index (χ2n) is 13.1. The lowest BCUT2D eigenvalue weighted by Crippen LogP contribution is -1.98. The molecule has 11 rings (SSSR count). The zero-order chi connectivity index (χ0) is 33.5. The lowest BCUT2D eigenvalue weighted by atomic mass is 9.94. The van der Waals surface area contributed by atoms with Crippen LogP contribution in [0.1, 0.15) is 0 Å². The molecule has 3 nitrogen and oxygen atoms in total. The minimum Gasteiger partial charge on any atom is -0.309 e. The summed E-state index contributed by atoms with van der Waals surface area (Å²) in [5, 5.41) is 7.71. The summed E-state index contributed by atoms with van der Waals surface area (Å²) in [7, 11) is 0. The van der Waals surface area contributed by atoms with E-state index in [2.05, 4.69) is 185 Å². The Labute approximate surface area is 297 Å². The van der Waals surface area contributed by atoms with Crippen LogP contribution in [0.4, 0.5) is 0 Å². The first kappa shape index (κ1) is 28.4. The molecule has 4 heteroatoms. The monoisotopic (exact) mass is 667 g/mol. The molecule has 0 spiro atoms. The van der Waals surface area contributed by atoms with E-state index in [0.717, 1.165) is 33.8 Å². The van der Waals surface area contributed by atoms with E-state index in [1.165, 1.54) is 63.9 Å². The fourth-order valence-corrected chi connectivity index (χ4v) is 9.34. The van der Waals surface area contributed by atoms with Gasteiger partial charge in [0.2, 0.25) is 0 Å². The molecule has 3 aromatic heterocycles. The molecule has 0 atom stereocenters. The van der Waals surface area contributed by atoms with Gasteiger partial charge in [-0.3, -0.25) is 4.57 Å². The molecule has 8 aromatic carbocycles. The number of thiophene rings is 1. The third kappa shape index (κ3) is 4.21. The van der Waals surface area contributed by atoms with E-state index in [1.807, 2.05) is 11.3 Å². The van der Waals surface area contributed by atoms with Crippen molar-refractivity contribution in [1.29, 1.82) is 0 Å². The summed E-state index contributed by atoms with van der Waals surface area (Å²) in [6.07, 6.45) is 0. The van der Waals surface area contributed by atoms with Crippen molar-refractivity contribution in [2.45, 2.75) is 0 Å². The lowest BCUT2D eigenvalue weighted by Gasteiger charge is -2.14. The van der Waals surface area contributed by atoms with E-state index in [9.17, 15) is 0 Å². The van der Waals surface area contributed by atoms with E-state index in [1.54, 1.807) is 0 Å². The van der Waals surface area contributed by atoms with Gasteiger partial charge in [0.05, 0.1) is 22.1 Å². The molecule has 0 aliphatic carbocycles. The van der Waals surface area contributed by atoms with Gasteiger partial charge in [0, 0.05) is 53.4 Å². The van der Waals surface area contributed by atoms with Crippen LogP contribution < -0.4 is 0 Å². The molecule has 51 heavy (non-hydrogen) atoms. The summed E-state index contributed by atoms with van der Waals surface area (Å²) >= 11 is 1.89. The normalized spacial score (nSPS) is 11.9. The summed E-state index contributed by atoms with van der Waals surface area (Å²) in [6.45, 7) is 0. The Morgan fingerprint density at radius 3 is 1.90 bits per heavy atom. The molecule has 0 bridgehead atoms. The molecule has 238 valence electrons. The van der Waals surface area contributed by atoms with Crippen molar-refractivity contribution in [2.75, 3.05) is 0 Å². The first-order valence-electron chi connectivity index (χ1n) is 17.3. The van der Waals surface area contributed by atoms with Crippen LogP contribution in [0.3, 0.4) is 0 Å². The Hall–Kier alpha value is -6.49. The number of benzene rings is 8. The molecule has 0 aliphatic rings. The van der Waals surface area contributed by atoms with E-state index in [-0.39, 0.29) is 0 Å². The van der Waals surface area contributed by atoms with Gasteiger partial charge in [0.1, 0.15) is 5.82 Å². The van der Waals surface area contributed by atoms with Crippen LogP contribution in [0.2, 0.25) is 0 Å². The molecule has 11 aromatic rings. The maximum absolute atomic E-state index is 5.13. The fourth-order valence-electron chi connectivity index (χ4n) is 8.11. The molecule has 0 fully saturated rings. The van der Waals surface area contributed by atoms with Crippen molar-refractivity contribution < 1.29 is 0 Å². The van der Waals surface area contributed by atoms with E-state index >= 15 is 0 Å². The van der Waals surface area contributed by atoms with Crippen LogP contribution in [0.5, 0.6) is 0 Å². The van der Waals surface area contributed by atoms with Crippen LogP contribution >= 0.6 is 11.3 Å². The van der Waals surface area contributed by atoms with Crippen molar-refractivity contribution >= 4 is 75.1 Å². The Morgan fingerprint density at radius 1 is 0.412 bits per heavy atom. The van der Waals surface area contributed by atoms with Gasteiger partial charge < -0.3 is 4.57 Å². The zero-order valence-electron chi connectivity index (χ0n) is 27.5. The van der Waals surface area contributed by atoms with Crippen molar-refractivity contribution in [3.05, 3.63) is 176 Å². The van der Waals surface area contributed by atoms with Crippen LogP contribution in [-0.2, 0) is 0 Å². The maximum Gasteiger partial charge on any atom is 0.145 e. The number of hydrogen-bond acceptors (Lipinski definition) is 2. The molecule has 0 radical (unpaired) electrons. The second-order valence-corrected chi connectivity index (χ2v) is 14.2. The Morgan fingerprint density at radius 2 is 1.06 bits per heavy atom. The Bertz CT molecular complexity index is 3130. The first-order chi connectivity index (χ1) is 25.3. The number of fused-ring (bicyclic) bond motifs is 9. The third-order valence-corrected chi connectivity index (χ3v) is 11.6. The summed E-state index contributed by atoms with van der Waals surface area (Å²) in [5.41, 5.74) is 10.3. The zero-order valence-corrected chi connectivity index (χ0v) is 28.3. The van der Waals surface area contributed by atoms with E-state index < -0.39 is 0 Å². The highest BCUT2D eigenvalue weighted by atomic mass is 32.1. The summed E-state index contributed by atoms with van der Waals surface area (Å²) < 4.78 is 7.35. The van der Waals surface area contributed by atoms with Crippen LogP contribution in [-0.4, -0.2) is 14.1 Å². The largest absolute Gasteiger partial charge is 0.309 e. The van der Waals surface area contributed by atoms with Crippen LogP contribution in [0.25, 0.3) is 97.7 Å². The van der Waals surface area contributed by atoms with Gasteiger partial charge in [-0.15, -0.1) is 11.3 Å². The minimum absolute atomic E-state index is 0.931. The molecule has 0 amide bonds. The van der Waals surface area contributed by atoms with Gasteiger partial charge >= 0.3 is 0 Å². The smallest absolute Gasteiger partial charge is 0.145 e. The van der Waals surface area contributed by atoms with Gasteiger partial charge in [-0.2, -0.15) is 0 Å². The van der Waals surface area contributed by atoms with E-state index in [4.69, 9.17) is 4.98 Å². The number of rotatable bonds is 4. The highest BCUT2D eigenvalue weighted by molar-refractivity contribution is 7.26. The van der Waals surface area contributed by atoms with Crippen molar-refractivity contribution in [2.24, 2.45) is 0 Å². The fraction of sp³-hybridized carbons (Fsp3) is 0. The standard InChI is InChI=1S/C47H29N3S/c1-2-13-31(14-3-1)50-42-23-10-8-21-40(42)48-47(50)30-25-27-32(28-26-30)49-41-22-9-6-18-38(41)45-35-17-5-4-15-33(35)39(29-43(45)49)37-20-12-19-36-34-16-7-11-24-44(34)51-46(36)37/h1-29H. The molecule has 0 saturated carbocycles. The molecule has 3 heterocycles. The number of para-hydroxylation sites is 4. The van der Waals surface area contributed by atoms with E-state index in [0.29, 0.717) is 0 Å². The molecular weight excluding hydrogens is 639 g/mol. The average Bonchev–Trinajstić information content (AvgIpc) is 3.88. The van der Waals surface area contributed by atoms with Gasteiger partial charge in [-0.1, -0.05) is 109 Å². The third-order valence-electron chi connectivity index (χ3n) is 10.3. The van der Waals surface area contributed by atoms with Gasteiger partial charge in [0.15, 0.2) is 0 Å². The number of imidazole rings is 1. The first-order valence-corrected chi connectivity index (χ1v) is 18.1. The number of hydrogen-bond donors (Lipinski definition) is 0. The average molecular weight is 668 g/mol. The summed E-state index contributed by atoms with van der Waals surface area (Å²) in [5.74, 6) is 0.931. The van der Waals surface area contributed by atoms with Gasteiger partial charge in [0.25, 0.3) is 0 Å². The highest BCUT2D eigenvalue weighted by Gasteiger charge is 2.20. The summed E-state index contributed by atoms with van der Waals surface area (Å²) in [4.78, 5) is 5.13. The SMILES string of the molecule is c1ccc(-n2c(-c3ccc(-n4c5ccccc5c5c6ccccc6c(-c6cccc7c6sc6ccccc67)cc54)cc3)nc3ccccc32)cc1. The quantitative estimate of drug-likeness (QED) is 0.183. The predicted octanol–water partition coefficient (Wildman–Crippen LogP) is 13.0.